The lowest BCUT2D eigenvalue weighted by atomic mass is 10.0. The standard InChI is InChI=1S/C15H21FN6O/c1-11-19-20-21-22(11)14(15(23)18-8-4-7-17-2)10-12-5-3-6-13(16)9-12/h3,5-6,9,14,17H,4,7-8,10H2,1-2H3,(H,18,23). The van der Waals surface area contributed by atoms with Gasteiger partial charge in [-0.3, -0.25) is 4.79 Å². The Balaban J connectivity index is 2.12. The summed E-state index contributed by atoms with van der Waals surface area (Å²) < 4.78 is 14.8. The molecule has 124 valence electrons. The quantitative estimate of drug-likeness (QED) is 0.697. The molecule has 1 heterocycles. The van der Waals surface area contributed by atoms with Gasteiger partial charge in [0.25, 0.3) is 0 Å². The summed E-state index contributed by atoms with van der Waals surface area (Å²) in [5.74, 6) is 0.0293. The Morgan fingerprint density at radius 2 is 2.22 bits per heavy atom. The second-order valence-electron chi connectivity index (χ2n) is 5.27. The van der Waals surface area contributed by atoms with Crippen LogP contribution in [0.4, 0.5) is 4.39 Å². The molecule has 1 unspecified atom stereocenters. The number of hydrogen-bond donors (Lipinski definition) is 2. The van der Waals surface area contributed by atoms with Crippen molar-refractivity contribution in [3.63, 3.8) is 0 Å². The van der Waals surface area contributed by atoms with E-state index in [2.05, 4.69) is 26.2 Å². The van der Waals surface area contributed by atoms with Gasteiger partial charge in [-0.05, 0) is 55.1 Å². The largest absolute Gasteiger partial charge is 0.354 e. The van der Waals surface area contributed by atoms with E-state index >= 15 is 0 Å². The lowest BCUT2D eigenvalue weighted by molar-refractivity contribution is -0.124. The first kappa shape index (κ1) is 17.0. The van der Waals surface area contributed by atoms with Gasteiger partial charge >= 0.3 is 0 Å². The van der Waals surface area contributed by atoms with Crippen molar-refractivity contribution in [1.82, 2.24) is 30.8 Å². The maximum atomic E-state index is 13.4. The number of amides is 1. The van der Waals surface area contributed by atoms with Crippen molar-refractivity contribution in [2.24, 2.45) is 0 Å². The second-order valence-corrected chi connectivity index (χ2v) is 5.27. The SMILES string of the molecule is CNCCCNC(=O)C(Cc1cccc(F)c1)n1nnnc1C. The molecule has 7 nitrogen and oxygen atoms in total. The molecule has 1 aromatic carbocycles. The third-order valence-electron chi connectivity index (χ3n) is 3.48. The van der Waals surface area contributed by atoms with E-state index in [1.807, 2.05) is 7.05 Å². The summed E-state index contributed by atoms with van der Waals surface area (Å²) >= 11 is 0. The molecule has 2 aromatic rings. The number of rotatable bonds is 8. The van der Waals surface area contributed by atoms with Crippen LogP contribution >= 0.6 is 0 Å². The molecule has 1 amide bonds. The zero-order chi connectivity index (χ0) is 16.7. The van der Waals surface area contributed by atoms with Gasteiger partial charge in [-0.25, -0.2) is 9.07 Å². The highest BCUT2D eigenvalue weighted by Crippen LogP contribution is 2.16. The molecular formula is C15H21FN6O. The number of benzene rings is 1. The van der Waals surface area contributed by atoms with Crippen LogP contribution in [0, 0.1) is 12.7 Å². The summed E-state index contributed by atoms with van der Waals surface area (Å²) in [5.41, 5.74) is 0.718. The van der Waals surface area contributed by atoms with Crippen LogP contribution < -0.4 is 10.6 Å². The number of nitrogens with zero attached hydrogens (tertiary/aromatic N) is 4. The van der Waals surface area contributed by atoms with Gasteiger partial charge in [-0.15, -0.1) is 5.10 Å². The smallest absolute Gasteiger partial charge is 0.245 e. The summed E-state index contributed by atoms with van der Waals surface area (Å²) in [7, 11) is 1.86. The van der Waals surface area contributed by atoms with Crippen LogP contribution in [0.3, 0.4) is 0 Å². The van der Waals surface area contributed by atoms with Crippen molar-refractivity contribution in [3.05, 3.63) is 41.5 Å². The fourth-order valence-electron chi connectivity index (χ4n) is 2.30. The molecule has 8 heteroatoms. The van der Waals surface area contributed by atoms with Crippen LogP contribution in [0.15, 0.2) is 24.3 Å². The van der Waals surface area contributed by atoms with E-state index in [1.54, 1.807) is 19.1 Å². The lowest BCUT2D eigenvalue weighted by Gasteiger charge is -2.17. The average Bonchev–Trinajstić information content (AvgIpc) is 2.95. The summed E-state index contributed by atoms with van der Waals surface area (Å²) in [6.45, 7) is 3.10. The predicted molar refractivity (Wildman–Crippen MR) is 83.2 cm³/mol. The van der Waals surface area contributed by atoms with E-state index in [0.29, 0.717) is 18.8 Å². The van der Waals surface area contributed by atoms with Gasteiger partial charge < -0.3 is 10.6 Å². The fourth-order valence-corrected chi connectivity index (χ4v) is 2.30. The van der Waals surface area contributed by atoms with Crippen molar-refractivity contribution in [2.75, 3.05) is 20.1 Å². The first-order valence-corrected chi connectivity index (χ1v) is 7.53. The first-order valence-electron chi connectivity index (χ1n) is 7.53. The Hall–Kier alpha value is -2.35. The minimum absolute atomic E-state index is 0.180. The van der Waals surface area contributed by atoms with E-state index in [1.165, 1.54) is 16.8 Å². The van der Waals surface area contributed by atoms with Gasteiger partial charge in [0.05, 0.1) is 0 Å². The Bertz CT molecular complexity index is 644. The number of nitrogens with one attached hydrogen (secondary N) is 2. The highest BCUT2D eigenvalue weighted by molar-refractivity contribution is 5.80. The number of tetrazole rings is 1. The van der Waals surface area contributed by atoms with Gasteiger partial charge in [-0.2, -0.15) is 0 Å². The van der Waals surface area contributed by atoms with Gasteiger partial charge in [0.1, 0.15) is 17.7 Å². The molecule has 0 spiro atoms. The molecule has 0 aliphatic carbocycles. The molecule has 0 radical (unpaired) electrons. The van der Waals surface area contributed by atoms with Gasteiger partial charge in [0, 0.05) is 13.0 Å². The number of aromatic nitrogens is 4. The fraction of sp³-hybridized carbons (Fsp3) is 0.467. The second kappa shape index (κ2) is 8.33. The molecule has 23 heavy (non-hydrogen) atoms. The molecule has 0 saturated heterocycles. The Morgan fingerprint density at radius 1 is 1.39 bits per heavy atom. The van der Waals surface area contributed by atoms with Gasteiger partial charge in [-0.1, -0.05) is 12.1 Å². The number of aryl methyl sites for hydroxylation is 1. The topological polar surface area (TPSA) is 84.7 Å². The zero-order valence-electron chi connectivity index (χ0n) is 13.3. The molecule has 2 N–H and O–H groups in total. The van der Waals surface area contributed by atoms with E-state index in [0.717, 1.165) is 18.5 Å². The zero-order valence-corrected chi connectivity index (χ0v) is 13.3. The molecule has 0 bridgehead atoms. The Morgan fingerprint density at radius 3 is 2.87 bits per heavy atom. The summed E-state index contributed by atoms with van der Waals surface area (Å²) in [5, 5.41) is 17.2. The highest BCUT2D eigenvalue weighted by atomic mass is 19.1. The van der Waals surface area contributed by atoms with Crippen molar-refractivity contribution >= 4 is 5.91 Å². The van der Waals surface area contributed by atoms with E-state index in [4.69, 9.17) is 0 Å². The highest BCUT2D eigenvalue weighted by Gasteiger charge is 2.24. The Kier molecular flexibility index (Phi) is 6.16. The lowest BCUT2D eigenvalue weighted by Crippen LogP contribution is -2.36. The van der Waals surface area contributed by atoms with Crippen LogP contribution in [-0.4, -0.2) is 46.3 Å². The average molecular weight is 320 g/mol. The molecule has 2 rings (SSSR count). The summed E-state index contributed by atoms with van der Waals surface area (Å²) in [6, 6.07) is 5.59. The number of halogens is 1. The van der Waals surface area contributed by atoms with Crippen LogP contribution in [0.5, 0.6) is 0 Å². The molecular weight excluding hydrogens is 299 g/mol. The summed E-state index contributed by atoms with van der Waals surface area (Å²) in [6.07, 6.45) is 1.14. The molecule has 0 aliphatic rings. The number of carbonyl (C=O) groups excluding carboxylic acids is 1. The molecule has 0 aliphatic heterocycles. The van der Waals surface area contributed by atoms with Crippen molar-refractivity contribution in [1.29, 1.82) is 0 Å². The molecule has 1 aromatic heterocycles. The van der Waals surface area contributed by atoms with Crippen molar-refractivity contribution in [2.45, 2.75) is 25.8 Å². The normalized spacial score (nSPS) is 12.1. The minimum Gasteiger partial charge on any atom is -0.354 e. The maximum Gasteiger partial charge on any atom is 0.245 e. The molecule has 0 saturated carbocycles. The predicted octanol–water partition coefficient (Wildman–Crippen LogP) is 0.630. The first-order chi connectivity index (χ1) is 11.1. The third kappa shape index (κ3) is 4.82. The number of carbonyl (C=O) groups is 1. The summed E-state index contributed by atoms with van der Waals surface area (Å²) in [4.78, 5) is 12.5. The van der Waals surface area contributed by atoms with Crippen LogP contribution in [0.1, 0.15) is 23.9 Å². The molecule has 0 fully saturated rings. The number of hydrogen-bond acceptors (Lipinski definition) is 5. The maximum absolute atomic E-state index is 13.4. The van der Waals surface area contributed by atoms with E-state index in [-0.39, 0.29) is 11.7 Å². The van der Waals surface area contributed by atoms with Crippen LogP contribution in [0.2, 0.25) is 0 Å². The van der Waals surface area contributed by atoms with Crippen molar-refractivity contribution in [3.8, 4) is 0 Å². The van der Waals surface area contributed by atoms with Crippen LogP contribution in [0.25, 0.3) is 0 Å². The van der Waals surface area contributed by atoms with Crippen LogP contribution in [-0.2, 0) is 11.2 Å². The van der Waals surface area contributed by atoms with E-state index in [9.17, 15) is 9.18 Å². The third-order valence-corrected chi connectivity index (χ3v) is 3.48. The minimum atomic E-state index is -0.610. The van der Waals surface area contributed by atoms with E-state index < -0.39 is 6.04 Å². The van der Waals surface area contributed by atoms with Crippen molar-refractivity contribution < 1.29 is 9.18 Å². The Labute approximate surface area is 134 Å². The van der Waals surface area contributed by atoms with Gasteiger partial charge in [0.15, 0.2) is 0 Å². The van der Waals surface area contributed by atoms with Gasteiger partial charge in [0.2, 0.25) is 5.91 Å². The monoisotopic (exact) mass is 320 g/mol. The molecule has 1 atom stereocenters.